The first-order valence-corrected chi connectivity index (χ1v) is 15.6. The third-order valence-electron chi connectivity index (χ3n) is 6.22. The molecule has 4 N–H and O–H groups in total. The van der Waals surface area contributed by atoms with Gasteiger partial charge < -0.3 is 40.0 Å². The number of hydrogen-bond acceptors (Lipinski definition) is 8. The van der Waals surface area contributed by atoms with Crippen LogP contribution in [0.4, 0.5) is 0 Å². The van der Waals surface area contributed by atoms with Crippen LogP contribution < -0.4 is 16.0 Å². The van der Waals surface area contributed by atoms with Gasteiger partial charge in [-0.15, -0.1) is 0 Å². The molecule has 0 aliphatic carbocycles. The Morgan fingerprint density at radius 1 is 0.548 bits per heavy atom. The minimum Gasteiger partial charge on any atom is -0.480 e. The van der Waals surface area contributed by atoms with Gasteiger partial charge in [-0.25, -0.2) is 0 Å². The highest BCUT2D eigenvalue weighted by Crippen LogP contribution is 2.13. The van der Waals surface area contributed by atoms with Gasteiger partial charge in [0.2, 0.25) is 17.7 Å². The Balaban J connectivity index is 3.32. The molecule has 0 aromatic rings. The molecule has 0 spiro atoms. The van der Waals surface area contributed by atoms with E-state index in [0.29, 0.717) is 32.7 Å². The zero-order valence-corrected chi connectivity index (χ0v) is 26.1. The van der Waals surface area contributed by atoms with Gasteiger partial charge in [0.25, 0.3) is 0 Å². The Labute approximate surface area is 252 Å². The van der Waals surface area contributed by atoms with E-state index in [9.17, 15) is 19.2 Å². The Hall–Kier alpha value is -2.28. The van der Waals surface area contributed by atoms with Gasteiger partial charge >= 0.3 is 5.97 Å². The van der Waals surface area contributed by atoms with Crippen LogP contribution in [-0.4, -0.2) is 101 Å². The highest BCUT2D eigenvalue weighted by molar-refractivity contribution is 5.81. The van der Waals surface area contributed by atoms with Crippen molar-refractivity contribution in [2.45, 2.75) is 90.9 Å². The first kappa shape index (κ1) is 39.7. The second-order valence-corrected chi connectivity index (χ2v) is 10.7. The third kappa shape index (κ3) is 32.2. The molecule has 0 saturated heterocycles. The summed E-state index contributed by atoms with van der Waals surface area (Å²) in [5.74, 6) is -1.03. The van der Waals surface area contributed by atoms with Gasteiger partial charge in [0.05, 0.1) is 39.6 Å². The van der Waals surface area contributed by atoms with Crippen molar-refractivity contribution < 1.29 is 43.2 Å². The lowest BCUT2D eigenvalue weighted by Gasteiger charge is -2.09. The Morgan fingerprint density at radius 3 is 1.48 bits per heavy atom. The van der Waals surface area contributed by atoms with Crippen molar-refractivity contribution in [1.82, 2.24) is 16.0 Å². The van der Waals surface area contributed by atoms with Crippen molar-refractivity contribution >= 4 is 23.7 Å². The van der Waals surface area contributed by atoms with E-state index in [1.807, 2.05) is 0 Å². The van der Waals surface area contributed by atoms with Crippen molar-refractivity contribution in [2.75, 3.05) is 72.5 Å². The molecule has 0 aliphatic rings. The summed E-state index contributed by atoms with van der Waals surface area (Å²) in [5.41, 5.74) is 0. The monoisotopic (exact) mass is 603 g/mol. The highest BCUT2D eigenvalue weighted by Gasteiger charge is 2.05. The first-order chi connectivity index (χ1) is 20.3. The number of carbonyl (C=O) groups excluding carboxylic acids is 3. The Kier molecular flexibility index (Phi) is 28.5. The van der Waals surface area contributed by atoms with E-state index in [1.165, 1.54) is 57.8 Å². The predicted octanol–water partition coefficient (Wildman–Crippen LogP) is 2.82. The number of ether oxygens (including phenoxy) is 4. The number of unbranched alkanes of at least 4 members (excludes halogenated alkanes) is 9. The molecule has 0 aromatic carbocycles. The van der Waals surface area contributed by atoms with E-state index in [0.717, 1.165) is 18.8 Å². The summed E-state index contributed by atoms with van der Waals surface area (Å²) < 4.78 is 21.0. The quantitative estimate of drug-likeness (QED) is 0.0873. The average Bonchev–Trinajstić information content (AvgIpc) is 2.95. The van der Waals surface area contributed by atoms with E-state index >= 15 is 0 Å². The molecule has 0 fully saturated rings. The van der Waals surface area contributed by atoms with E-state index in [4.69, 9.17) is 24.1 Å². The standard InChI is InChI=1S/C30H57N3O9/c1-26(2)13-11-9-7-5-3-4-6-8-10-12-14-27(34)31-15-17-39-19-21-41-24-28(35)32-16-18-40-20-22-42-25-29(36)33-23-30(37)38/h26H,3-25H2,1-2H3,(H,31,34)(H,32,35)(H,33,36)(H,37,38). The lowest BCUT2D eigenvalue weighted by atomic mass is 10.0. The second-order valence-electron chi connectivity index (χ2n) is 10.7. The molecule has 0 aliphatic heterocycles. The number of carbonyl (C=O) groups is 4. The van der Waals surface area contributed by atoms with Crippen LogP contribution in [0.25, 0.3) is 0 Å². The molecular formula is C30H57N3O9. The molecule has 246 valence electrons. The summed E-state index contributed by atoms with van der Waals surface area (Å²) in [4.78, 5) is 45.2. The molecule has 12 heteroatoms. The second kappa shape index (κ2) is 30.2. The predicted molar refractivity (Wildman–Crippen MR) is 160 cm³/mol. The number of amides is 3. The number of rotatable bonds is 31. The number of aliphatic carboxylic acids is 1. The van der Waals surface area contributed by atoms with E-state index in [2.05, 4.69) is 29.8 Å². The average molecular weight is 604 g/mol. The van der Waals surface area contributed by atoms with Gasteiger partial charge in [0, 0.05) is 19.5 Å². The Morgan fingerprint density at radius 2 is 0.976 bits per heavy atom. The van der Waals surface area contributed by atoms with Crippen LogP contribution in [0.1, 0.15) is 90.9 Å². The van der Waals surface area contributed by atoms with Crippen molar-refractivity contribution in [3.8, 4) is 0 Å². The summed E-state index contributed by atoms with van der Waals surface area (Å²) in [6.45, 7) is 6.22. The molecule has 0 atom stereocenters. The molecule has 0 radical (unpaired) electrons. The molecule has 3 amide bonds. The molecule has 0 bridgehead atoms. The van der Waals surface area contributed by atoms with Crippen molar-refractivity contribution in [3.05, 3.63) is 0 Å². The highest BCUT2D eigenvalue weighted by atomic mass is 16.5. The number of carboxylic acids is 1. The third-order valence-corrected chi connectivity index (χ3v) is 6.22. The molecule has 12 nitrogen and oxygen atoms in total. The zero-order chi connectivity index (χ0) is 31.1. The number of carboxylic acid groups (broad SMARTS) is 1. The van der Waals surface area contributed by atoms with Gasteiger partial charge in [0.15, 0.2) is 0 Å². The Bertz CT molecular complexity index is 693. The van der Waals surface area contributed by atoms with Crippen LogP contribution in [-0.2, 0) is 38.1 Å². The maximum Gasteiger partial charge on any atom is 0.322 e. The smallest absolute Gasteiger partial charge is 0.322 e. The van der Waals surface area contributed by atoms with E-state index < -0.39 is 18.4 Å². The summed E-state index contributed by atoms with van der Waals surface area (Å²) in [5, 5.41) is 16.1. The van der Waals surface area contributed by atoms with Gasteiger partial charge in [-0.3, -0.25) is 19.2 Å². The SMILES string of the molecule is CC(C)CCCCCCCCCCCCC(=O)NCCOCCOCC(=O)NCCOCCOCC(=O)NCC(=O)O. The number of hydrogen-bond donors (Lipinski definition) is 4. The fourth-order valence-corrected chi connectivity index (χ4v) is 3.91. The van der Waals surface area contributed by atoms with Crippen LogP contribution in [0, 0.1) is 5.92 Å². The summed E-state index contributed by atoms with van der Waals surface area (Å²) >= 11 is 0. The zero-order valence-electron chi connectivity index (χ0n) is 26.1. The van der Waals surface area contributed by atoms with Crippen LogP contribution in [0.2, 0.25) is 0 Å². The van der Waals surface area contributed by atoms with Crippen LogP contribution in [0.3, 0.4) is 0 Å². The maximum absolute atomic E-state index is 11.9. The molecule has 0 aromatic heterocycles. The van der Waals surface area contributed by atoms with E-state index in [-0.39, 0.29) is 51.5 Å². The topological polar surface area (TPSA) is 162 Å². The fourth-order valence-electron chi connectivity index (χ4n) is 3.91. The van der Waals surface area contributed by atoms with Crippen molar-refractivity contribution in [3.63, 3.8) is 0 Å². The molecular weight excluding hydrogens is 546 g/mol. The van der Waals surface area contributed by atoms with Gasteiger partial charge in [-0.05, 0) is 12.3 Å². The molecule has 0 saturated carbocycles. The van der Waals surface area contributed by atoms with Crippen LogP contribution in [0.15, 0.2) is 0 Å². The molecule has 0 rings (SSSR count). The molecule has 0 heterocycles. The van der Waals surface area contributed by atoms with Gasteiger partial charge in [-0.1, -0.05) is 78.1 Å². The van der Waals surface area contributed by atoms with Crippen LogP contribution >= 0.6 is 0 Å². The van der Waals surface area contributed by atoms with Crippen molar-refractivity contribution in [2.24, 2.45) is 5.92 Å². The lowest BCUT2D eigenvalue weighted by Crippen LogP contribution is -2.33. The van der Waals surface area contributed by atoms with Gasteiger partial charge in [-0.2, -0.15) is 0 Å². The minimum atomic E-state index is -1.13. The lowest BCUT2D eigenvalue weighted by molar-refractivity contribution is -0.138. The van der Waals surface area contributed by atoms with Crippen LogP contribution in [0.5, 0.6) is 0 Å². The summed E-state index contributed by atoms with van der Waals surface area (Å²) in [7, 11) is 0. The molecule has 42 heavy (non-hydrogen) atoms. The maximum atomic E-state index is 11.9. The summed E-state index contributed by atoms with van der Waals surface area (Å²) in [6, 6.07) is 0. The van der Waals surface area contributed by atoms with Crippen molar-refractivity contribution in [1.29, 1.82) is 0 Å². The first-order valence-electron chi connectivity index (χ1n) is 15.6. The number of nitrogens with one attached hydrogen (secondary N) is 3. The minimum absolute atomic E-state index is 0.0600. The van der Waals surface area contributed by atoms with Gasteiger partial charge in [0.1, 0.15) is 19.8 Å². The molecule has 0 unspecified atom stereocenters. The largest absolute Gasteiger partial charge is 0.480 e. The fraction of sp³-hybridized carbons (Fsp3) is 0.867. The normalized spacial score (nSPS) is 11.0. The summed E-state index contributed by atoms with van der Waals surface area (Å²) in [6.07, 6.45) is 14.5. The van der Waals surface area contributed by atoms with E-state index in [1.54, 1.807) is 0 Å².